The first-order chi connectivity index (χ1) is 6.51. The van der Waals surface area contributed by atoms with E-state index in [2.05, 4.69) is 38.5 Å². The lowest BCUT2D eigenvalue weighted by Gasteiger charge is -2.37. The van der Waals surface area contributed by atoms with Gasteiger partial charge in [-0.1, -0.05) is 23.5 Å². The fourth-order valence-corrected chi connectivity index (χ4v) is 7.13. The number of rotatable bonds is 1. The molecule has 0 radical (unpaired) electrons. The Morgan fingerprint density at radius 2 is 2.36 bits per heavy atom. The Kier molecular flexibility index (Phi) is 2.99. The van der Waals surface area contributed by atoms with Crippen molar-refractivity contribution in [2.24, 2.45) is 5.92 Å². The van der Waals surface area contributed by atoms with Gasteiger partial charge in [0.25, 0.3) is 0 Å². The van der Waals surface area contributed by atoms with Crippen LogP contribution in [0.15, 0.2) is 12.2 Å². The highest BCUT2D eigenvalue weighted by atomic mass is 32.7. The standard InChI is InChI=1S/C11H19OPS/c1-8(2)9-5-6-11(3)10(7-9)12-13(4)14-11/h9-10H,1,5-7H2,2-4H3/t9?,10-,11-,13?/m1/s1. The molecule has 0 amide bonds. The number of allylic oxidation sites excluding steroid dienone is 1. The largest absolute Gasteiger partial charge is 0.344 e. The van der Waals surface area contributed by atoms with Crippen LogP contribution in [0.5, 0.6) is 0 Å². The van der Waals surface area contributed by atoms with Crippen LogP contribution in [-0.4, -0.2) is 17.5 Å². The monoisotopic (exact) mass is 230 g/mol. The molecule has 1 saturated carbocycles. The van der Waals surface area contributed by atoms with Crippen LogP contribution in [0.1, 0.15) is 33.1 Å². The van der Waals surface area contributed by atoms with E-state index in [9.17, 15) is 0 Å². The minimum absolute atomic E-state index is 0.215. The molecule has 1 aliphatic heterocycles. The predicted octanol–water partition coefficient (Wildman–Crippen LogP) is 4.20. The van der Waals surface area contributed by atoms with Gasteiger partial charge in [-0.05, 0) is 45.7 Å². The van der Waals surface area contributed by atoms with Gasteiger partial charge in [-0.3, -0.25) is 0 Å². The summed E-state index contributed by atoms with van der Waals surface area (Å²) in [6, 6.07) is 0. The Morgan fingerprint density at radius 3 is 3.00 bits per heavy atom. The molecule has 2 rings (SSSR count). The molecule has 1 saturated heterocycles. The first kappa shape index (κ1) is 11.0. The van der Waals surface area contributed by atoms with Crippen molar-refractivity contribution in [3.8, 4) is 0 Å². The quantitative estimate of drug-likeness (QED) is 0.493. The van der Waals surface area contributed by atoms with E-state index in [0.29, 0.717) is 16.8 Å². The van der Waals surface area contributed by atoms with Gasteiger partial charge in [0.2, 0.25) is 0 Å². The highest BCUT2D eigenvalue weighted by Gasteiger charge is 2.48. The first-order valence-electron chi connectivity index (χ1n) is 5.26. The van der Waals surface area contributed by atoms with Gasteiger partial charge in [0.05, 0.1) is 13.5 Å². The van der Waals surface area contributed by atoms with Crippen LogP contribution in [0.3, 0.4) is 0 Å². The molecule has 1 nitrogen and oxygen atoms in total. The highest BCUT2D eigenvalue weighted by molar-refractivity contribution is 8.55. The Morgan fingerprint density at radius 1 is 1.64 bits per heavy atom. The third kappa shape index (κ3) is 1.89. The van der Waals surface area contributed by atoms with Gasteiger partial charge in [0, 0.05) is 4.75 Å². The summed E-state index contributed by atoms with van der Waals surface area (Å²) < 4.78 is 6.44. The zero-order valence-corrected chi connectivity index (χ0v) is 11.0. The molecule has 4 atom stereocenters. The smallest absolute Gasteiger partial charge is 0.0866 e. The second-order valence-electron chi connectivity index (χ2n) is 4.76. The lowest BCUT2D eigenvalue weighted by molar-refractivity contribution is 0.128. The SMILES string of the molecule is C=C(C)C1CC[C@@]2(C)SP(C)O[C@@H]2C1. The molecule has 1 aliphatic carbocycles. The van der Waals surface area contributed by atoms with Crippen molar-refractivity contribution in [3.63, 3.8) is 0 Å². The van der Waals surface area contributed by atoms with Crippen LogP contribution in [0.4, 0.5) is 0 Å². The average Bonchev–Trinajstić information content (AvgIpc) is 2.37. The van der Waals surface area contributed by atoms with E-state index in [1.807, 2.05) is 0 Å². The Hall–Kier alpha value is 0.480. The molecule has 0 bridgehead atoms. The second kappa shape index (κ2) is 3.81. The molecule has 0 N–H and O–H groups in total. The summed E-state index contributed by atoms with van der Waals surface area (Å²) in [6.45, 7) is 10.8. The van der Waals surface area contributed by atoms with Gasteiger partial charge in [0.1, 0.15) is 0 Å². The molecule has 2 unspecified atom stereocenters. The number of fused-ring (bicyclic) bond motifs is 1. The molecule has 1 heterocycles. The molecular formula is C11H19OPS. The van der Waals surface area contributed by atoms with Crippen molar-refractivity contribution < 1.29 is 4.52 Å². The topological polar surface area (TPSA) is 9.23 Å². The molecule has 0 aromatic heterocycles. The number of hydrogen-bond acceptors (Lipinski definition) is 2. The lowest BCUT2D eigenvalue weighted by atomic mass is 9.77. The molecule has 0 aromatic rings. The zero-order chi connectivity index (χ0) is 10.3. The van der Waals surface area contributed by atoms with E-state index in [1.54, 1.807) is 0 Å². The van der Waals surface area contributed by atoms with Gasteiger partial charge in [-0.2, -0.15) is 0 Å². The van der Waals surface area contributed by atoms with Crippen molar-refractivity contribution in [2.75, 3.05) is 6.66 Å². The van der Waals surface area contributed by atoms with Crippen molar-refractivity contribution in [1.82, 2.24) is 0 Å². The Balaban J connectivity index is 2.07. The van der Waals surface area contributed by atoms with Gasteiger partial charge >= 0.3 is 0 Å². The third-order valence-corrected chi connectivity index (χ3v) is 7.45. The van der Waals surface area contributed by atoms with Gasteiger partial charge in [-0.25, -0.2) is 0 Å². The summed E-state index contributed by atoms with van der Waals surface area (Å²) in [5.74, 6) is 0.704. The summed E-state index contributed by atoms with van der Waals surface area (Å²) in [5, 5.41) is 0. The van der Waals surface area contributed by atoms with Crippen molar-refractivity contribution in [3.05, 3.63) is 12.2 Å². The van der Waals surface area contributed by atoms with Crippen LogP contribution in [0.2, 0.25) is 0 Å². The van der Waals surface area contributed by atoms with Crippen LogP contribution in [-0.2, 0) is 4.52 Å². The Labute approximate surface area is 92.3 Å². The van der Waals surface area contributed by atoms with Crippen LogP contribution in [0, 0.1) is 5.92 Å². The minimum atomic E-state index is -0.215. The van der Waals surface area contributed by atoms with Crippen LogP contribution in [0.25, 0.3) is 0 Å². The minimum Gasteiger partial charge on any atom is -0.344 e. The first-order valence-corrected chi connectivity index (χ1v) is 8.39. The highest BCUT2D eigenvalue weighted by Crippen LogP contribution is 2.67. The van der Waals surface area contributed by atoms with Crippen LogP contribution < -0.4 is 0 Å². The molecule has 0 aromatic carbocycles. The summed E-state index contributed by atoms with van der Waals surface area (Å²) in [6.07, 6.45) is 4.29. The summed E-state index contributed by atoms with van der Waals surface area (Å²) >= 11 is 2.08. The molecule has 2 fully saturated rings. The van der Waals surface area contributed by atoms with Crippen molar-refractivity contribution in [1.29, 1.82) is 0 Å². The summed E-state index contributed by atoms with van der Waals surface area (Å²) in [5.41, 5.74) is 1.34. The maximum atomic E-state index is 6.04. The van der Waals surface area contributed by atoms with Crippen molar-refractivity contribution >= 4 is 18.7 Å². The van der Waals surface area contributed by atoms with Gasteiger partial charge in [-0.15, -0.1) is 0 Å². The van der Waals surface area contributed by atoms with E-state index in [0.717, 1.165) is 0 Å². The van der Waals surface area contributed by atoms with E-state index >= 15 is 0 Å². The normalized spacial score (nSPS) is 47.5. The van der Waals surface area contributed by atoms with E-state index in [4.69, 9.17) is 4.52 Å². The maximum Gasteiger partial charge on any atom is 0.0866 e. The molecular weight excluding hydrogens is 211 g/mol. The molecule has 14 heavy (non-hydrogen) atoms. The lowest BCUT2D eigenvalue weighted by Crippen LogP contribution is -2.39. The predicted molar refractivity (Wildman–Crippen MR) is 65.9 cm³/mol. The summed E-state index contributed by atoms with van der Waals surface area (Å²) in [4.78, 5) is 0. The molecule has 3 heteroatoms. The number of hydrogen-bond donors (Lipinski definition) is 0. The molecule has 80 valence electrons. The second-order valence-corrected chi connectivity index (χ2v) is 9.05. The third-order valence-electron chi connectivity index (χ3n) is 3.48. The van der Waals surface area contributed by atoms with E-state index < -0.39 is 0 Å². The summed E-state index contributed by atoms with van der Waals surface area (Å²) in [7, 11) is -0.215. The van der Waals surface area contributed by atoms with Gasteiger partial charge < -0.3 is 4.52 Å². The van der Waals surface area contributed by atoms with Crippen LogP contribution >= 0.6 is 18.7 Å². The van der Waals surface area contributed by atoms with Crippen molar-refractivity contribution in [2.45, 2.75) is 44.0 Å². The molecule has 2 aliphatic rings. The van der Waals surface area contributed by atoms with E-state index in [-0.39, 0.29) is 7.35 Å². The maximum absolute atomic E-state index is 6.04. The Bertz CT molecular complexity index is 256. The molecule has 0 spiro atoms. The fraction of sp³-hybridized carbons (Fsp3) is 0.818. The zero-order valence-electron chi connectivity index (χ0n) is 9.25. The van der Waals surface area contributed by atoms with E-state index in [1.165, 1.54) is 24.8 Å². The average molecular weight is 230 g/mol. The van der Waals surface area contributed by atoms with Gasteiger partial charge in [0.15, 0.2) is 0 Å². The fourth-order valence-electron chi connectivity index (χ4n) is 2.45.